The van der Waals surface area contributed by atoms with Gasteiger partial charge in [0.1, 0.15) is 11.5 Å². The van der Waals surface area contributed by atoms with Gasteiger partial charge in [0.05, 0.1) is 19.8 Å². The Bertz CT molecular complexity index is 632. The molecular formula is C19H26N2O4. The van der Waals surface area contributed by atoms with Crippen molar-refractivity contribution in [1.82, 2.24) is 9.80 Å². The van der Waals surface area contributed by atoms with Crippen molar-refractivity contribution >= 4 is 11.8 Å². The van der Waals surface area contributed by atoms with E-state index in [1.165, 1.54) is 0 Å². The van der Waals surface area contributed by atoms with Crippen LogP contribution in [-0.2, 0) is 4.79 Å². The molecule has 0 atom stereocenters. The third kappa shape index (κ3) is 3.72. The van der Waals surface area contributed by atoms with Gasteiger partial charge in [-0.2, -0.15) is 0 Å². The largest absolute Gasteiger partial charge is 0.497 e. The van der Waals surface area contributed by atoms with Crippen molar-refractivity contribution in [2.24, 2.45) is 5.92 Å². The fourth-order valence-electron chi connectivity index (χ4n) is 3.67. The molecule has 3 rings (SSSR count). The van der Waals surface area contributed by atoms with Crippen LogP contribution in [0.15, 0.2) is 18.2 Å². The molecule has 0 bridgehead atoms. The Kier molecular flexibility index (Phi) is 5.46. The lowest BCUT2D eigenvalue weighted by atomic mass is 9.94. The predicted molar refractivity (Wildman–Crippen MR) is 94.0 cm³/mol. The summed E-state index contributed by atoms with van der Waals surface area (Å²) in [5.41, 5.74) is 0.535. The Morgan fingerprint density at radius 3 is 2.24 bits per heavy atom. The molecule has 1 aromatic rings. The molecule has 0 spiro atoms. The van der Waals surface area contributed by atoms with Crippen LogP contribution in [0.5, 0.6) is 11.5 Å². The van der Waals surface area contributed by atoms with Crippen LogP contribution in [0.4, 0.5) is 0 Å². The highest BCUT2D eigenvalue weighted by Crippen LogP contribution is 2.28. The van der Waals surface area contributed by atoms with Crippen LogP contribution in [0.2, 0.25) is 0 Å². The number of benzene rings is 1. The van der Waals surface area contributed by atoms with Gasteiger partial charge in [-0.25, -0.2) is 0 Å². The molecule has 2 saturated heterocycles. The highest BCUT2D eigenvalue weighted by atomic mass is 16.5. The Balaban J connectivity index is 1.62. The first kappa shape index (κ1) is 17.6. The number of ether oxygens (including phenoxy) is 2. The fraction of sp³-hybridized carbons (Fsp3) is 0.579. The van der Waals surface area contributed by atoms with E-state index in [4.69, 9.17) is 9.47 Å². The topological polar surface area (TPSA) is 59.1 Å². The van der Waals surface area contributed by atoms with Crippen molar-refractivity contribution in [3.05, 3.63) is 23.8 Å². The number of nitrogens with zero attached hydrogens (tertiary/aromatic N) is 2. The molecule has 0 aromatic heterocycles. The van der Waals surface area contributed by atoms with Gasteiger partial charge in [0.25, 0.3) is 5.91 Å². The molecule has 6 heteroatoms. The molecule has 0 aliphatic carbocycles. The number of piperidine rings is 1. The van der Waals surface area contributed by atoms with Gasteiger partial charge >= 0.3 is 0 Å². The molecule has 2 amide bonds. The normalized spacial score (nSPS) is 18.3. The van der Waals surface area contributed by atoms with E-state index in [0.29, 0.717) is 30.2 Å². The molecule has 25 heavy (non-hydrogen) atoms. The summed E-state index contributed by atoms with van der Waals surface area (Å²) >= 11 is 0. The SMILES string of the molecule is COc1ccc(C(=O)N2CCC(C(=O)N3CCCC3)CC2)c(OC)c1. The lowest BCUT2D eigenvalue weighted by Crippen LogP contribution is -2.43. The Hall–Kier alpha value is -2.24. The standard InChI is InChI=1S/C19H26N2O4/c1-24-15-5-6-16(17(13-15)25-2)19(23)21-11-7-14(8-12-21)18(22)20-9-3-4-10-20/h5-6,13-14H,3-4,7-12H2,1-2H3. The lowest BCUT2D eigenvalue weighted by molar-refractivity contribution is -0.135. The van der Waals surface area contributed by atoms with Gasteiger partial charge in [-0.1, -0.05) is 0 Å². The molecular weight excluding hydrogens is 320 g/mol. The summed E-state index contributed by atoms with van der Waals surface area (Å²) in [6, 6.07) is 5.22. The number of amides is 2. The van der Waals surface area contributed by atoms with Crippen molar-refractivity contribution in [2.45, 2.75) is 25.7 Å². The maximum atomic E-state index is 12.8. The smallest absolute Gasteiger partial charge is 0.257 e. The lowest BCUT2D eigenvalue weighted by Gasteiger charge is -2.33. The number of carbonyl (C=O) groups is 2. The van der Waals surface area contributed by atoms with Crippen LogP contribution < -0.4 is 9.47 Å². The summed E-state index contributed by atoms with van der Waals surface area (Å²) in [6.45, 7) is 3.00. The van der Waals surface area contributed by atoms with Crippen LogP contribution in [0.1, 0.15) is 36.0 Å². The molecule has 2 fully saturated rings. The van der Waals surface area contributed by atoms with Crippen LogP contribution in [-0.4, -0.2) is 62.0 Å². The van der Waals surface area contributed by atoms with Gasteiger partial charge in [0, 0.05) is 38.2 Å². The summed E-state index contributed by atoms with van der Waals surface area (Å²) in [7, 11) is 3.13. The van der Waals surface area contributed by atoms with E-state index < -0.39 is 0 Å². The maximum Gasteiger partial charge on any atom is 0.257 e. The molecule has 0 saturated carbocycles. The summed E-state index contributed by atoms with van der Waals surface area (Å²) in [5.74, 6) is 1.45. The number of rotatable bonds is 4. The van der Waals surface area contributed by atoms with Gasteiger partial charge in [0.2, 0.25) is 5.91 Å². The van der Waals surface area contributed by atoms with Crippen molar-refractivity contribution in [3.63, 3.8) is 0 Å². The molecule has 0 N–H and O–H groups in total. The summed E-state index contributed by atoms with van der Waals surface area (Å²) in [4.78, 5) is 29.1. The van der Waals surface area contributed by atoms with Gasteiger partial charge in [0.15, 0.2) is 0 Å². The zero-order valence-electron chi connectivity index (χ0n) is 15.0. The van der Waals surface area contributed by atoms with Crippen molar-refractivity contribution in [3.8, 4) is 11.5 Å². The van der Waals surface area contributed by atoms with Crippen LogP contribution >= 0.6 is 0 Å². The fourth-order valence-corrected chi connectivity index (χ4v) is 3.67. The molecule has 2 aliphatic rings. The number of hydrogen-bond acceptors (Lipinski definition) is 4. The molecule has 6 nitrogen and oxygen atoms in total. The van der Waals surface area contributed by atoms with E-state index in [9.17, 15) is 9.59 Å². The third-order valence-corrected chi connectivity index (χ3v) is 5.19. The summed E-state index contributed by atoms with van der Waals surface area (Å²) in [6.07, 6.45) is 3.69. The molecule has 0 unspecified atom stereocenters. The first-order chi connectivity index (χ1) is 12.1. The molecule has 0 radical (unpaired) electrons. The van der Waals surface area contributed by atoms with E-state index in [1.807, 2.05) is 9.80 Å². The molecule has 2 aliphatic heterocycles. The highest BCUT2D eigenvalue weighted by Gasteiger charge is 2.32. The van der Waals surface area contributed by atoms with Gasteiger partial charge in [-0.15, -0.1) is 0 Å². The summed E-state index contributed by atoms with van der Waals surface area (Å²) in [5, 5.41) is 0. The summed E-state index contributed by atoms with van der Waals surface area (Å²) < 4.78 is 10.5. The first-order valence-corrected chi connectivity index (χ1v) is 8.94. The van der Waals surface area contributed by atoms with Gasteiger partial charge < -0.3 is 19.3 Å². The average Bonchev–Trinajstić information content (AvgIpc) is 3.21. The Morgan fingerprint density at radius 2 is 1.64 bits per heavy atom. The zero-order valence-corrected chi connectivity index (χ0v) is 15.0. The predicted octanol–water partition coefficient (Wildman–Crippen LogP) is 2.18. The van der Waals surface area contributed by atoms with Crippen molar-refractivity contribution in [2.75, 3.05) is 40.4 Å². The van der Waals surface area contributed by atoms with Crippen molar-refractivity contribution < 1.29 is 19.1 Å². The van der Waals surface area contributed by atoms with Crippen LogP contribution in [0.25, 0.3) is 0 Å². The monoisotopic (exact) mass is 346 g/mol. The maximum absolute atomic E-state index is 12.8. The quantitative estimate of drug-likeness (QED) is 0.838. The molecule has 2 heterocycles. The Labute approximate surface area is 148 Å². The number of likely N-dealkylation sites (tertiary alicyclic amines) is 2. The second kappa shape index (κ2) is 7.76. The van der Waals surface area contributed by atoms with E-state index >= 15 is 0 Å². The minimum atomic E-state index is -0.0495. The van der Waals surface area contributed by atoms with Crippen molar-refractivity contribution in [1.29, 1.82) is 0 Å². The van der Waals surface area contributed by atoms with Gasteiger partial charge in [-0.3, -0.25) is 9.59 Å². The van der Waals surface area contributed by atoms with Crippen LogP contribution in [0, 0.1) is 5.92 Å². The minimum absolute atomic E-state index is 0.0495. The molecule has 136 valence electrons. The van der Waals surface area contributed by atoms with Gasteiger partial charge in [-0.05, 0) is 37.8 Å². The number of carbonyl (C=O) groups excluding carboxylic acids is 2. The van der Waals surface area contributed by atoms with E-state index in [-0.39, 0.29) is 17.7 Å². The van der Waals surface area contributed by atoms with E-state index in [0.717, 1.165) is 38.8 Å². The average molecular weight is 346 g/mol. The van der Waals surface area contributed by atoms with E-state index in [1.54, 1.807) is 32.4 Å². The number of hydrogen-bond donors (Lipinski definition) is 0. The third-order valence-electron chi connectivity index (χ3n) is 5.19. The molecule has 1 aromatic carbocycles. The second-order valence-corrected chi connectivity index (χ2v) is 6.67. The minimum Gasteiger partial charge on any atom is -0.497 e. The van der Waals surface area contributed by atoms with E-state index in [2.05, 4.69) is 0 Å². The van der Waals surface area contributed by atoms with Crippen LogP contribution in [0.3, 0.4) is 0 Å². The highest BCUT2D eigenvalue weighted by molar-refractivity contribution is 5.97. The zero-order chi connectivity index (χ0) is 17.8. The Morgan fingerprint density at radius 1 is 0.960 bits per heavy atom. The first-order valence-electron chi connectivity index (χ1n) is 8.94. The second-order valence-electron chi connectivity index (χ2n) is 6.67. The number of methoxy groups -OCH3 is 2.